The molecule has 0 amide bonds. The minimum atomic E-state index is -4.85. The van der Waals surface area contributed by atoms with Crippen LogP contribution in [0.4, 0.5) is 13.2 Å². The molecule has 1 atom stereocenters. The van der Waals surface area contributed by atoms with Crippen LogP contribution in [-0.2, 0) is 16.4 Å². The molecule has 0 aliphatic rings. The van der Waals surface area contributed by atoms with E-state index in [0.717, 1.165) is 29.8 Å². The lowest BCUT2D eigenvalue weighted by Crippen LogP contribution is -2.43. The molecule has 2 rings (SSSR count). The van der Waals surface area contributed by atoms with E-state index in [1.54, 1.807) is 32.3 Å². The number of alkyl halides is 3. The maximum atomic E-state index is 12.7. The maximum absolute atomic E-state index is 12.7. The Bertz CT molecular complexity index is 936. The fourth-order valence-corrected chi connectivity index (χ4v) is 4.19. The average molecular weight is 471 g/mol. The molecular formula is C18H19Cl2F3N2O3S. The zero-order valence-electron chi connectivity index (χ0n) is 15.5. The van der Waals surface area contributed by atoms with Gasteiger partial charge in [-0.2, -0.15) is 0 Å². The quantitative estimate of drug-likeness (QED) is 0.623. The van der Waals surface area contributed by atoms with Gasteiger partial charge in [0.05, 0.1) is 14.9 Å². The predicted molar refractivity (Wildman–Crippen MR) is 106 cm³/mol. The second-order valence-electron chi connectivity index (χ2n) is 6.55. The number of sulfonamides is 1. The van der Waals surface area contributed by atoms with Crippen molar-refractivity contribution in [2.45, 2.75) is 23.7 Å². The molecule has 0 aliphatic heterocycles. The minimum absolute atomic E-state index is 0.176. The Labute approximate surface area is 177 Å². The van der Waals surface area contributed by atoms with E-state index in [-0.39, 0.29) is 4.90 Å². The van der Waals surface area contributed by atoms with Gasteiger partial charge in [-0.3, -0.25) is 0 Å². The lowest BCUT2D eigenvalue weighted by Gasteiger charge is -2.22. The zero-order chi connectivity index (χ0) is 21.8. The van der Waals surface area contributed by atoms with Crippen LogP contribution in [0.25, 0.3) is 0 Å². The Morgan fingerprint density at radius 2 is 1.69 bits per heavy atom. The second kappa shape index (κ2) is 9.53. The lowest BCUT2D eigenvalue weighted by molar-refractivity contribution is -0.274. The summed E-state index contributed by atoms with van der Waals surface area (Å²) in [6.07, 6.45) is -4.52. The van der Waals surface area contributed by atoms with Crippen molar-refractivity contribution in [3.63, 3.8) is 0 Å². The van der Waals surface area contributed by atoms with Crippen molar-refractivity contribution in [2.24, 2.45) is 0 Å². The molecule has 29 heavy (non-hydrogen) atoms. The molecule has 1 N–H and O–H groups in total. The fraction of sp³-hybridized carbons (Fsp3) is 0.333. The van der Waals surface area contributed by atoms with Gasteiger partial charge in [-0.1, -0.05) is 29.3 Å². The van der Waals surface area contributed by atoms with E-state index in [4.69, 9.17) is 23.2 Å². The fourth-order valence-electron chi connectivity index (χ4n) is 2.64. The molecule has 11 heteroatoms. The molecule has 160 valence electrons. The molecular weight excluding hydrogens is 452 g/mol. The summed E-state index contributed by atoms with van der Waals surface area (Å²) in [5.74, 6) is -0.503. The summed E-state index contributed by atoms with van der Waals surface area (Å²) in [7, 11) is -0.394. The van der Waals surface area contributed by atoms with Crippen LogP contribution in [0.1, 0.15) is 5.56 Å². The highest BCUT2D eigenvalue weighted by molar-refractivity contribution is 7.89. The number of nitrogens with zero attached hydrogens (tertiary/aromatic N) is 1. The van der Waals surface area contributed by atoms with E-state index in [2.05, 4.69) is 9.46 Å². The van der Waals surface area contributed by atoms with Gasteiger partial charge in [-0.05, 0) is 62.5 Å². The number of likely N-dealkylation sites (N-methyl/N-ethyl adjacent to an activating group) is 1. The van der Waals surface area contributed by atoms with E-state index in [1.807, 2.05) is 4.90 Å². The highest BCUT2D eigenvalue weighted by Gasteiger charge is 2.31. The third kappa shape index (κ3) is 7.67. The van der Waals surface area contributed by atoms with Crippen LogP contribution in [0.15, 0.2) is 47.4 Å². The summed E-state index contributed by atoms with van der Waals surface area (Å²) < 4.78 is 68.5. The predicted octanol–water partition coefficient (Wildman–Crippen LogP) is 4.34. The van der Waals surface area contributed by atoms with Crippen molar-refractivity contribution in [1.82, 2.24) is 9.62 Å². The first-order chi connectivity index (χ1) is 13.4. The van der Waals surface area contributed by atoms with Crippen molar-refractivity contribution in [3.8, 4) is 5.75 Å². The highest BCUT2D eigenvalue weighted by Crippen LogP contribution is 2.25. The third-order valence-corrected chi connectivity index (χ3v) is 6.02. The van der Waals surface area contributed by atoms with Gasteiger partial charge >= 0.3 is 6.36 Å². The first kappa shape index (κ1) is 23.8. The highest BCUT2D eigenvalue weighted by atomic mass is 35.5. The molecule has 0 aromatic heterocycles. The first-order valence-electron chi connectivity index (χ1n) is 8.32. The number of halogens is 5. The largest absolute Gasteiger partial charge is 0.573 e. The molecule has 0 saturated heterocycles. The Hall–Kier alpha value is -1.52. The number of benzene rings is 2. The van der Waals surface area contributed by atoms with Gasteiger partial charge in [-0.25, -0.2) is 13.1 Å². The summed E-state index contributed by atoms with van der Waals surface area (Å²) in [6.45, 7) is 0.384. The van der Waals surface area contributed by atoms with Gasteiger partial charge in [0.15, 0.2) is 0 Å². The summed E-state index contributed by atoms with van der Waals surface area (Å²) in [4.78, 5) is 1.63. The Balaban J connectivity index is 2.18. The van der Waals surface area contributed by atoms with Crippen molar-refractivity contribution < 1.29 is 26.3 Å². The maximum Gasteiger partial charge on any atom is 0.573 e. The van der Waals surface area contributed by atoms with Gasteiger partial charge in [0.2, 0.25) is 10.0 Å². The van der Waals surface area contributed by atoms with Crippen LogP contribution in [0, 0.1) is 0 Å². The summed E-state index contributed by atoms with van der Waals surface area (Å²) in [5, 5.41) is 0.747. The molecule has 0 saturated carbocycles. The Kier molecular flexibility index (Phi) is 7.80. The Morgan fingerprint density at radius 1 is 1.07 bits per heavy atom. The van der Waals surface area contributed by atoms with Gasteiger partial charge in [0.1, 0.15) is 5.75 Å². The van der Waals surface area contributed by atoms with Crippen molar-refractivity contribution in [1.29, 1.82) is 0 Å². The number of ether oxygens (including phenoxy) is 1. The van der Waals surface area contributed by atoms with E-state index in [9.17, 15) is 21.6 Å². The second-order valence-corrected chi connectivity index (χ2v) is 9.08. The van der Waals surface area contributed by atoms with Crippen molar-refractivity contribution in [3.05, 3.63) is 58.1 Å². The smallest absolute Gasteiger partial charge is 0.406 e. The lowest BCUT2D eigenvalue weighted by atomic mass is 10.1. The number of hydrogen-bond donors (Lipinski definition) is 1. The minimum Gasteiger partial charge on any atom is -0.406 e. The van der Waals surface area contributed by atoms with Crippen molar-refractivity contribution >= 4 is 33.2 Å². The van der Waals surface area contributed by atoms with Crippen LogP contribution in [0.5, 0.6) is 5.75 Å². The van der Waals surface area contributed by atoms with Gasteiger partial charge < -0.3 is 9.64 Å². The molecule has 0 bridgehead atoms. The molecule has 0 heterocycles. The molecule has 0 fully saturated rings. The molecule has 0 radical (unpaired) electrons. The van der Waals surface area contributed by atoms with Crippen molar-refractivity contribution in [2.75, 3.05) is 20.6 Å². The summed E-state index contributed by atoms with van der Waals surface area (Å²) in [6, 6.07) is 8.51. The topological polar surface area (TPSA) is 58.6 Å². The zero-order valence-corrected chi connectivity index (χ0v) is 17.8. The number of rotatable bonds is 8. The van der Waals surface area contributed by atoms with Gasteiger partial charge in [0, 0.05) is 12.6 Å². The molecule has 2 aromatic carbocycles. The molecule has 1 unspecified atom stereocenters. The average Bonchev–Trinajstić information content (AvgIpc) is 2.56. The molecule has 5 nitrogen and oxygen atoms in total. The molecule has 0 aliphatic carbocycles. The Morgan fingerprint density at radius 3 is 2.21 bits per heavy atom. The SMILES string of the molecule is CN(C)CC(Cc1ccc(Cl)c(Cl)c1)NS(=O)(=O)c1ccc(OC(F)(F)F)cc1. The van der Waals surface area contributed by atoms with Crippen LogP contribution in [0.2, 0.25) is 10.0 Å². The standard InChI is InChI=1S/C18H19Cl2F3N2O3S/c1-25(2)11-13(9-12-3-8-16(19)17(20)10-12)24-29(26,27)15-6-4-14(5-7-15)28-18(21,22)23/h3-8,10,13,24H,9,11H2,1-2H3. The van der Waals surface area contributed by atoms with E-state index in [0.29, 0.717) is 23.0 Å². The van der Waals surface area contributed by atoms with Gasteiger partial charge in [0.25, 0.3) is 0 Å². The normalized spacial score (nSPS) is 13.5. The number of nitrogens with one attached hydrogen (secondary N) is 1. The first-order valence-corrected chi connectivity index (χ1v) is 10.6. The number of hydrogen-bond acceptors (Lipinski definition) is 4. The van der Waals surface area contributed by atoms with E-state index >= 15 is 0 Å². The van der Waals surface area contributed by atoms with Crippen LogP contribution in [-0.4, -0.2) is 46.4 Å². The third-order valence-electron chi connectivity index (χ3n) is 3.74. The molecule has 0 spiro atoms. The molecule has 2 aromatic rings. The monoisotopic (exact) mass is 470 g/mol. The summed E-state index contributed by atoms with van der Waals surface area (Å²) >= 11 is 11.9. The van der Waals surface area contributed by atoms with E-state index in [1.165, 1.54) is 0 Å². The van der Waals surface area contributed by atoms with Crippen LogP contribution >= 0.6 is 23.2 Å². The summed E-state index contributed by atoms with van der Waals surface area (Å²) in [5.41, 5.74) is 0.780. The van der Waals surface area contributed by atoms with Crippen LogP contribution < -0.4 is 9.46 Å². The van der Waals surface area contributed by atoms with Crippen LogP contribution in [0.3, 0.4) is 0 Å². The van der Waals surface area contributed by atoms with Gasteiger partial charge in [-0.15, -0.1) is 13.2 Å². The van der Waals surface area contributed by atoms with E-state index < -0.39 is 28.2 Å².